The van der Waals surface area contributed by atoms with Crippen molar-refractivity contribution in [3.63, 3.8) is 0 Å². The molecule has 1 fully saturated rings. The van der Waals surface area contributed by atoms with Crippen LogP contribution in [0.15, 0.2) is 54.6 Å². The molecule has 1 heterocycles. The summed E-state index contributed by atoms with van der Waals surface area (Å²) < 4.78 is 0. The fourth-order valence-electron chi connectivity index (χ4n) is 4.49. The average molecular weight is 470 g/mol. The minimum Gasteiger partial charge on any atom is -0.426 e. The first-order chi connectivity index (χ1) is 16.1. The van der Waals surface area contributed by atoms with Gasteiger partial charge in [0.15, 0.2) is 0 Å². The molecule has 1 saturated heterocycles. The molecule has 1 amide bonds. The van der Waals surface area contributed by atoms with Crippen molar-refractivity contribution in [2.24, 2.45) is 5.92 Å². The molecule has 180 valence electrons. The first-order valence-electron chi connectivity index (χ1n) is 11.0. The number of nitrogens with zero attached hydrogens (tertiary/aromatic N) is 2. The van der Waals surface area contributed by atoms with Crippen LogP contribution < -0.4 is 10.6 Å². The Kier molecular flexibility index (Phi) is 7.97. The van der Waals surface area contributed by atoms with Crippen LogP contribution in [-0.2, 0) is 4.79 Å². The molecule has 0 unspecified atom stereocenters. The van der Waals surface area contributed by atoms with Crippen molar-refractivity contribution in [2.45, 2.75) is 50.3 Å². The SMILES string of the molecule is CC(C)C[C@H](NC(=O)[C@@H]1N[C@H](c2ccccc2)[C@@H]([N+](=O)[O-])[C@@H]1c1ccc([N+](=O)[O-])cc1)B(O)O. The summed E-state index contributed by atoms with van der Waals surface area (Å²) in [6.07, 6.45) is 0.291. The standard InChI is InChI=1S/C22H27BN4O7/c1-13(2)12-17(23(29)30)24-22(28)20-18(14-8-10-16(11-9-14)26(31)32)21(27(33)34)19(25-20)15-6-4-3-5-7-15/h3-11,13,17-21,25,29-30H,12H2,1-2H3,(H,24,28)/t17-,18+,19+,20+,21-/m0/s1. The first-order valence-corrected chi connectivity index (χ1v) is 11.0. The summed E-state index contributed by atoms with van der Waals surface area (Å²) in [4.78, 5) is 35.6. The molecule has 0 aromatic heterocycles. The van der Waals surface area contributed by atoms with Crippen molar-refractivity contribution in [1.82, 2.24) is 10.6 Å². The second kappa shape index (κ2) is 10.7. The Bertz CT molecular complexity index is 1020. The van der Waals surface area contributed by atoms with Gasteiger partial charge < -0.3 is 15.4 Å². The van der Waals surface area contributed by atoms with E-state index in [1.807, 2.05) is 13.8 Å². The summed E-state index contributed by atoms with van der Waals surface area (Å²) in [7, 11) is -1.80. The van der Waals surface area contributed by atoms with E-state index in [1.165, 1.54) is 24.3 Å². The molecule has 0 radical (unpaired) electrons. The number of amides is 1. The highest BCUT2D eigenvalue weighted by Gasteiger charge is 2.54. The Morgan fingerprint density at radius 1 is 1.06 bits per heavy atom. The highest BCUT2D eigenvalue weighted by atomic mass is 16.6. The summed E-state index contributed by atoms with van der Waals surface area (Å²) >= 11 is 0. The Balaban J connectivity index is 2.02. The van der Waals surface area contributed by atoms with Crippen molar-refractivity contribution in [1.29, 1.82) is 0 Å². The lowest BCUT2D eigenvalue weighted by atomic mass is 9.74. The molecule has 0 aliphatic carbocycles. The number of benzene rings is 2. The van der Waals surface area contributed by atoms with Gasteiger partial charge in [-0.1, -0.05) is 56.3 Å². The lowest BCUT2D eigenvalue weighted by Gasteiger charge is -2.24. The molecular weight excluding hydrogens is 443 g/mol. The van der Waals surface area contributed by atoms with E-state index in [4.69, 9.17) is 0 Å². The molecule has 5 atom stereocenters. The third kappa shape index (κ3) is 5.58. The maximum absolute atomic E-state index is 13.3. The quantitative estimate of drug-likeness (QED) is 0.243. The first kappa shape index (κ1) is 25.3. The summed E-state index contributed by atoms with van der Waals surface area (Å²) in [5.74, 6) is -2.49. The fraction of sp³-hybridized carbons (Fsp3) is 0.409. The van der Waals surface area contributed by atoms with Crippen LogP contribution in [0.4, 0.5) is 5.69 Å². The molecule has 1 aliphatic rings. The number of carbonyl (C=O) groups is 1. The van der Waals surface area contributed by atoms with Crippen LogP contribution in [0, 0.1) is 26.1 Å². The van der Waals surface area contributed by atoms with E-state index < -0.39 is 52.9 Å². The van der Waals surface area contributed by atoms with Crippen LogP contribution >= 0.6 is 0 Å². The summed E-state index contributed by atoms with van der Waals surface area (Å²) in [5, 5.41) is 48.5. The van der Waals surface area contributed by atoms with E-state index >= 15 is 0 Å². The van der Waals surface area contributed by atoms with Gasteiger partial charge in [-0.2, -0.15) is 0 Å². The number of carbonyl (C=O) groups excluding carboxylic acids is 1. The van der Waals surface area contributed by atoms with Crippen LogP contribution in [0.5, 0.6) is 0 Å². The van der Waals surface area contributed by atoms with Gasteiger partial charge in [0.1, 0.15) is 12.1 Å². The zero-order valence-corrected chi connectivity index (χ0v) is 18.8. The maximum Gasteiger partial charge on any atom is 0.475 e. The van der Waals surface area contributed by atoms with Gasteiger partial charge in [0, 0.05) is 17.1 Å². The number of nitro groups is 2. The number of hydrogen-bond acceptors (Lipinski definition) is 8. The second-order valence-electron chi connectivity index (χ2n) is 8.84. The van der Waals surface area contributed by atoms with Gasteiger partial charge >= 0.3 is 7.12 Å². The number of rotatable bonds is 9. The van der Waals surface area contributed by atoms with Crippen LogP contribution in [0.25, 0.3) is 0 Å². The van der Waals surface area contributed by atoms with E-state index in [2.05, 4.69) is 10.6 Å². The van der Waals surface area contributed by atoms with Gasteiger partial charge in [0.2, 0.25) is 11.9 Å². The largest absolute Gasteiger partial charge is 0.475 e. The van der Waals surface area contributed by atoms with Gasteiger partial charge in [0.05, 0.1) is 16.8 Å². The lowest BCUT2D eigenvalue weighted by Crippen LogP contribution is -2.53. The van der Waals surface area contributed by atoms with Gasteiger partial charge in [-0.05, 0) is 23.5 Å². The van der Waals surface area contributed by atoms with E-state index in [1.54, 1.807) is 30.3 Å². The summed E-state index contributed by atoms with van der Waals surface area (Å²) in [5.41, 5.74) is 0.837. The molecule has 0 bridgehead atoms. The Morgan fingerprint density at radius 3 is 2.18 bits per heavy atom. The molecule has 2 aromatic carbocycles. The third-order valence-corrected chi connectivity index (χ3v) is 6.01. The van der Waals surface area contributed by atoms with E-state index in [0.29, 0.717) is 17.5 Å². The molecule has 11 nitrogen and oxygen atoms in total. The highest BCUT2D eigenvalue weighted by Crippen LogP contribution is 2.40. The van der Waals surface area contributed by atoms with Crippen LogP contribution in [0.2, 0.25) is 0 Å². The molecule has 4 N–H and O–H groups in total. The van der Waals surface area contributed by atoms with Crippen molar-refractivity contribution in [2.75, 3.05) is 0 Å². The molecule has 3 rings (SSSR count). The Labute approximate surface area is 196 Å². The number of nitro benzene ring substituents is 1. The normalized spacial score (nSPS) is 22.9. The van der Waals surface area contributed by atoms with Gasteiger partial charge in [0.25, 0.3) is 5.69 Å². The van der Waals surface area contributed by atoms with Crippen LogP contribution in [0.3, 0.4) is 0 Å². The van der Waals surface area contributed by atoms with Gasteiger partial charge in [-0.3, -0.25) is 30.3 Å². The average Bonchev–Trinajstić information content (AvgIpc) is 3.20. The third-order valence-electron chi connectivity index (χ3n) is 6.01. The van der Waals surface area contributed by atoms with Crippen molar-refractivity contribution in [3.05, 3.63) is 86.0 Å². The van der Waals surface area contributed by atoms with E-state index in [-0.39, 0.29) is 11.6 Å². The van der Waals surface area contributed by atoms with E-state index in [9.17, 15) is 35.1 Å². The number of hydrogen-bond donors (Lipinski definition) is 4. The molecular formula is C22H27BN4O7. The topological polar surface area (TPSA) is 168 Å². The minimum absolute atomic E-state index is 0.0534. The predicted octanol–water partition coefficient (Wildman–Crippen LogP) is 1.58. The minimum atomic E-state index is -1.80. The van der Waals surface area contributed by atoms with Gasteiger partial charge in [-0.15, -0.1) is 0 Å². The fourth-order valence-corrected chi connectivity index (χ4v) is 4.49. The van der Waals surface area contributed by atoms with Crippen molar-refractivity contribution >= 4 is 18.7 Å². The molecule has 1 aliphatic heterocycles. The predicted molar refractivity (Wildman–Crippen MR) is 124 cm³/mol. The summed E-state index contributed by atoms with van der Waals surface area (Å²) in [6, 6.07) is 10.9. The number of nitrogens with one attached hydrogen (secondary N) is 2. The number of non-ortho nitro benzene ring substituents is 1. The smallest absolute Gasteiger partial charge is 0.426 e. The lowest BCUT2D eigenvalue weighted by molar-refractivity contribution is -0.527. The summed E-state index contributed by atoms with van der Waals surface area (Å²) in [6.45, 7) is 3.73. The maximum atomic E-state index is 13.3. The van der Waals surface area contributed by atoms with Crippen molar-refractivity contribution < 1.29 is 24.7 Å². The monoisotopic (exact) mass is 470 g/mol. The molecule has 12 heteroatoms. The zero-order chi connectivity index (χ0) is 25.0. The zero-order valence-electron chi connectivity index (χ0n) is 18.8. The van der Waals surface area contributed by atoms with E-state index in [0.717, 1.165) is 0 Å². The molecule has 0 spiro atoms. The Hall–Kier alpha value is -3.35. The second-order valence-corrected chi connectivity index (χ2v) is 8.84. The van der Waals surface area contributed by atoms with Gasteiger partial charge in [-0.25, -0.2) is 0 Å². The van der Waals surface area contributed by atoms with Crippen LogP contribution in [-0.4, -0.2) is 50.9 Å². The highest BCUT2D eigenvalue weighted by molar-refractivity contribution is 6.43. The molecule has 0 saturated carbocycles. The Morgan fingerprint density at radius 2 is 1.68 bits per heavy atom. The van der Waals surface area contributed by atoms with Crippen molar-refractivity contribution in [3.8, 4) is 0 Å². The van der Waals surface area contributed by atoms with Crippen LogP contribution in [0.1, 0.15) is 43.4 Å². The molecule has 2 aromatic rings. The molecule has 34 heavy (non-hydrogen) atoms.